The van der Waals surface area contributed by atoms with Crippen LogP contribution >= 0.6 is 11.6 Å². The zero-order valence-electron chi connectivity index (χ0n) is 27.2. The Hall–Kier alpha value is -4.81. The van der Waals surface area contributed by atoms with E-state index in [1.165, 1.54) is 22.9 Å². The van der Waals surface area contributed by atoms with E-state index < -0.39 is 21.4 Å². The molecule has 1 saturated heterocycles. The third-order valence-corrected chi connectivity index (χ3v) is 10.7. The fourth-order valence-electron chi connectivity index (χ4n) is 6.04. The first-order chi connectivity index (χ1) is 24.2. The van der Waals surface area contributed by atoms with Gasteiger partial charge in [-0.1, -0.05) is 71.8 Å². The molecule has 256 valence electrons. The highest BCUT2D eigenvalue weighted by Crippen LogP contribution is 2.34. The lowest BCUT2D eigenvalue weighted by Crippen LogP contribution is -2.34. The molecule has 0 N–H and O–H groups in total. The van der Waals surface area contributed by atoms with E-state index in [0.717, 1.165) is 20.8 Å². The van der Waals surface area contributed by atoms with E-state index in [9.17, 15) is 17.6 Å². The Kier molecular flexibility index (Phi) is 9.56. The van der Waals surface area contributed by atoms with Crippen LogP contribution in [0.3, 0.4) is 0 Å². The number of ether oxygens (including phenoxy) is 2. The van der Waals surface area contributed by atoms with E-state index in [4.69, 9.17) is 26.1 Å². The van der Waals surface area contributed by atoms with E-state index in [1.54, 1.807) is 54.9 Å². The molecule has 0 amide bonds. The molecule has 1 fully saturated rings. The first-order valence-corrected chi connectivity index (χ1v) is 17.9. The molecule has 3 aromatic heterocycles. The van der Waals surface area contributed by atoms with Gasteiger partial charge in [0, 0.05) is 48.1 Å². The molecule has 1 atom stereocenters. The zero-order valence-corrected chi connectivity index (χ0v) is 28.8. The molecule has 0 saturated carbocycles. The van der Waals surface area contributed by atoms with Crippen molar-refractivity contribution in [1.82, 2.24) is 13.5 Å². The molecule has 1 aliphatic heterocycles. The van der Waals surface area contributed by atoms with Crippen molar-refractivity contribution < 1.29 is 22.3 Å². The van der Waals surface area contributed by atoms with Gasteiger partial charge in [0.1, 0.15) is 5.82 Å². The number of hydrogen-bond acceptors (Lipinski definition) is 7. The summed E-state index contributed by atoms with van der Waals surface area (Å²) in [5.74, 6) is -0.584. The predicted octanol–water partition coefficient (Wildman–Crippen LogP) is 6.67. The van der Waals surface area contributed by atoms with E-state index in [2.05, 4.69) is 4.90 Å². The number of fused-ring (bicyclic) bond motifs is 1. The molecule has 4 heterocycles. The second-order valence-electron chi connectivity index (χ2n) is 12.3. The minimum atomic E-state index is -4.06. The minimum Gasteiger partial charge on any atom is -0.377 e. The Bertz CT molecular complexity index is 2330. The molecule has 9 nitrogen and oxygen atoms in total. The van der Waals surface area contributed by atoms with Gasteiger partial charge in [0.2, 0.25) is 0 Å². The Balaban J connectivity index is 1.27. The van der Waals surface area contributed by atoms with E-state index in [1.807, 2.05) is 43.3 Å². The lowest BCUT2D eigenvalue weighted by Gasteiger charge is -2.25. The van der Waals surface area contributed by atoms with Crippen molar-refractivity contribution in [3.8, 4) is 11.1 Å². The number of anilines is 1. The predicted molar refractivity (Wildman–Crippen MR) is 192 cm³/mol. The quantitative estimate of drug-likeness (QED) is 0.165. The first-order valence-electron chi connectivity index (χ1n) is 16.1. The SMILES string of the molecule is Cc1ccc(S(=O)(=O)n2cc(-c3ccn(Cc4cccc(Cl)c4F)c(=O)c3)c3cc(N4CCOCC(OCc5ccccc5)C4)cnc32)cc1. The Morgan fingerprint density at radius 2 is 1.82 bits per heavy atom. The van der Waals surface area contributed by atoms with Crippen LogP contribution in [0.1, 0.15) is 16.7 Å². The smallest absolute Gasteiger partial charge is 0.269 e. The normalized spacial score (nSPS) is 15.3. The summed E-state index contributed by atoms with van der Waals surface area (Å²) in [6.07, 6.45) is 4.51. The van der Waals surface area contributed by atoms with E-state index in [0.29, 0.717) is 49.4 Å². The molecule has 0 radical (unpaired) electrons. The summed E-state index contributed by atoms with van der Waals surface area (Å²) in [6.45, 7) is 4.33. The number of benzene rings is 3. The summed E-state index contributed by atoms with van der Waals surface area (Å²) in [7, 11) is -4.06. The molecule has 1 aliphatic rings. The van der Waals surface area contributed by atoms with Gasteiger partial charge >= 0.3 is 0 Å². The van der Waals surface area contributed by atoms with Crippen LogP contribution in [0.4, 0.5) is 10.1 Å². The number of halogens is 2. The van der Waals surface area contributed by atoms with Crippen molar-refractivity contribution in [3.05, 3.63) is 147 Å². The van der Waals surface area contributed by atoms with Crippen molar-refractivity contribution in [1.29, 1.82) is 0 Å². The second kappa shape index (κ2) is 14.2. The largest absolute Gasteiger partial charge is 0.377 e. The van der Waals surface area contributed by atoms with Gasteiger partial charge in [-0.15, -0.1) is 0 Å². The first kappa shape index (κ1) is 33.7. The number of nitrogens with zero attached hydrogens (tertiary/aromatic N) is 4. The highest BCUT2D eigenvalue weighted by atomic mass is 35.5. The van der Waals surface area contributed by atoms with Crippen LogP contribution in [0.2, 0.25) is 5.02 Å². The second-order valence-corrected chi connectivity index (χ2v) is 14.5. The average molecular weight is 713 g/mol. The van der Waals surface area contributed by atoms with Gasteiger partial charge in [-0.05, 0) is 48.4 Å². The lowest BCUT2D eigenvalue weighted by atomic mass is 10.1. The molecule has 1 unspecified atom stereocenters. The number of rotatable bonds is 9. The van der Waals surface area contributed by atoms with Crippen LogP contribution in [0.5, 0.6) is 0 Å². The van der Waals surface area contributed by atoms with Gasteiger partial charge in [0.25, 0.3) is 15.6 Å². The number of hydrogen-bond donors (Lipinski definition) is 0. The Morgan fingerprint density at radius 3 is 2.60 bits per heavy atom. The fourth-order valence-corrected chi connectivity index (χ4v) is 7.56. The topological polar surface area (TPSA) is 95.7 Å². The van der Waals surface area contributed by atoms with Crippen LogP contribution in [-0.2, 0) is 32.6 Å². The molecule has 3 aromatic carbocycles. The molecule has 7 rings (SSSR count). The zero-order chi connectivity index (χ0) is 34.8. The molecular formula is C38H34ClFN4O5S. The van der Waals surface area contributed by atoms with E-state index in [-0.39, 0.29) is 33.8 Å². The molecule has 0 aliphatic carbocycles. The van der Waals surface area contributed by atoms with Gasteiger partial charge in [-0.25, -0.2) is 21.8 Å². The monoisotopic (exact) mass is 712 g/mol. The van der Waals surface area contributed by atoms with Crippen LogP contribution in [0.15, 0.2) is 119 Å². The maximum atomic E-state index is 14.6. The lowest BCUT2D eigenvalue weighted by molar-refractivity contribution is -0.00795. The van der Waals surface area contributed by atoms with Gasteiger partial charge in [0.05, 0.1) is 54.3 Å². The standard InChI is InChI=1S/C38H34ClFN4O5S/c1-26-10-12-32(13-11-26)50(46,47)44-23-34(28-14-15-43(36(45)18-28)21-29-8-5-9-35(39)37(29)40)33-19-30(20-41-38(33)44)42-16-17-48-25-31(22-42)49-24-27-6-3-2-4-7-27/h2-15,18-20,23,31H,16-17,21-22,24-25H2,1H3. The average Bonchev–Trinajstić information content (AvgIpc) is 3.35. The van der Waals surface area contributed by atoms with Gasteiger partial charge in [-0.2, -0.15) is 0 Å². The van der Waals surface area contributed by atoms with Crippen LogP contribution < -0.4 is 10.5 Å². The molecular weight excluding hydrogens is 679 g/mol. The summed E-state index contributed by atoms with van der Waals surface area (Å²) in [6, 6.07) is 26.2. The van der Waals surface area contributed by atoms with E-state index >= 15 is 0 Å². The summed E-state index contributed by atoms with van der Waals surface area (Å²) < 4.78 is 57.3. The third kappa shape index (κ3) is 6.95. The van der Waals surface area contributed by atoms with Crippen LogP contribution in [0.25, 0.3) is 22.2 Å². The van der Waals surface area contributed by atoms with Crippen molar-refractivity contribution in [2.24, 2.45) is 0 Å². The highest BCUT2D eigenvalue weighted by Gasteiger charge is 2.26. The van der Waals surface area contributed by atoms with Crippen molar-refractivity contribution in [3.63, 3.8) is 0 Å². The van der Waals surface area contributed by atoms with Crippen LogP contribution in [0, 0.1) is 12.7 Å². The number of aryl methyl sites for hydroxylation is 1. The third-order valence-electron chi connectivity index (χ3n) is 8.78. The van der Waals surface area contributed by atoms with Crippen molar-refractivity contribution >= 4 is 38.3 Å². The van der Waals surface area contributed by atoms with Gasteiger partial charge < -0.3 is 18.9 Å². The Morgan fingerprint density at radius 1 is 1.02 bits per heavy atom. The summed E-state index contributed by atoms with van der Waals surface area (Å²) >= 11 is 5.96. The van der Waals surface area contributed by atoms with Crippen molar-refractivity contribution in [2.75, 3.05) is 31.2 Å². The van der Waals surface area contributed by atoms with Gasteiger partial charge in [-0.3, -0.25) is 4.79 Å². The summed E-state index contributed by atoms with van der Waals surface area (Å²) in [5.41, 5.74) is 3.84. The summed E-state index contributed by atoms with van der Waals surface area (Å²) in [5, 5.41) is 0.520. The number of pyridine rings is 2. The molecule has 12 heteroatoms. The summed E-state index contributed by atoms with van der Waals surface area (Å²) in [4.78, 5) is 20.3. The van der Waals surface area contributed by atoms with Crippen molar-refractivity contribution in [2.45, 2.75) is 31.1 Å². The number of aromatic nitrogens is 3. The van der Waals surface area contributed by atoms with Gasteiger partial charge in [0.15, 0.2) is 5.65 Å². The fraction of sp³-hybridized carbons (Fsp3) is 0.211. The molecule has 50 heavy (non-hydrogen) atoms. The Labute approximate surface area is 294 Å². The molecule has 6 aromatic rings. The maximum absolute atomic E-state index is 14.6. The highest BCUT2D eigenvalue weighted by molar-refractivity contribution is 7.90. The molecule has 0 spiro atoms. The maximum Gasteiger partial charge on any atom is 0.269 e. The van der Waals surface area contributed by atoms with Crippen LogP contribution in [-0.4, -0.2) is 54.3 Å². The minimum absolute atomic E-state index is 0.0225. The molecule has 0 bridgehead atoms.